The van der Waals surface area contributed by atoms with Gasteiger partial charge in [-0.15, -0.1) is 0 Å². The minimum atomic E-state index is 0.693. The van der Waals surface area contributed by atoms with Crippen LogP contribution in [0.3, 0.4) is 0 Å². The second-order valence-corrected chi connectivity index (χ2v) is 6.02. The Kier molecular flexibility index (Phi) is 3.54. The molecule has 0 aliphatic rings. The van der Waals surface area contributed by atoms with Crippen LogP contribution < -0.4 is 4.73 Å². The van der Waals surface area contributed by atoms with Gasteiger partial charge in [0, 0.05) is 42.7 Å². The molecule has 0 spiro atoms. The number of aromatic nitrogens is 2. The van der Waals surface area contributed by atoms with Crippen LogP contribution >= 0.6 is 0 Å². The van der Waals surface area contributed by atoms with E-state index in [1.807, 2.05) is 55.5 Å². The quantitative estimate of drug-likeness (QED) is 0.410. The lowest BCUT2D eigenvalue weighted by Gasteiger charge is -2.06. The Bertz CT molecular complexity index is 1000. The molecule has 4 rings (SSSR count). The molecule has 0 bridgehead atoms. The van der Waals surface area contributed by atoms with Crippen molar-refractivity contribution in [3.63, 3.8) is 0 Å². The zero-order valence-electron chi connectivity index (χ0n) is 13.5. The monoisotopic (exact) mass is 314 g/mol. The van der Waals surface area contributed by atoms with Crippen molar-refractivity contribution in [2.75, 3.05) is 0 Å². The molecule has 0 fully saturated rings. The molecule has 3 heteroatoms. The third kappa shape index (κ3) is 2.44. The van der Waals surface area contributed by atoms with Crippen LogP contribution in [0.2, 0.25) is 0 Å². The first-order valence-electron chi connectivity index (χ1n) is 8.05. The van der Waals surface area contributed by atoms with Gasteiger partial charge in [-0.1, -0.05) is 48.5 Å². The van der Waals surface area contributed by atoms with Gasteiger partial charge >= 0.3 is 0 Å². The van der Waals surface area contributed by atoms with E-state index in [0.717, 1.165) is 27.7 Å². The van der Waals surface area contributed by atoms with Gasteiger partial charge in [-0.3, -0.25) is 0 Å². The van der Waals surface area contributed by atoms with Crippen LogP contribution in [0.1, 0.15) is 11.3 Å². The normalized spacial score (nSPS) is 11.0. The van der Waals surface area contributed by atoms with E-state index in [1.54, 1.807) is 0 Å². The van der Waals surface area contributed by atoms with Crippen molar-refractivity contribution in [2.24, 2.45) is 0 Å². The third-order valence-corrected chi connectivity index (χ3v) is 4.39. The number of fused-ring (bicyclic) bond motifs is 1. The second-order valence-electron chi connectivity index (χ2n) is 6.02. The fourth-order valence-electron chi connectivity index (χ4n) is 3.16. The summed E-state index contributed by atoms with van der Waals surface area (Å²) in [5, 5.41) is 13.6. The number of benzene rings is 2. The molecular formula is C21H18N2O. The summed E-state index contributed by atoms with van der Waals surface area (Å²) < 4.78 is 3.22. The van der Waals surface area contributed by atoms with Gasteiger partial charge in [-0.05, 0) is 17.7 Å². The molecule has 2 aromatic carbocycles. The van der Waals surface area contributed by atoms with Gasteiger partial charge in [-0.2, -0.15) is 4.73 Å². The summed E-state index contributed by atoms with van der Waals surface area (Å²) in [6, 6.07) is 24.2. The van der Waals surface area contributed by atoms with Gasteiger partial charge in [-0.25, -0.2) is 0 Å². The van der Waals surface area contributed by atoms with Crippen molar-refractivity contribution < 1.29 is 4.73 Å². The Morgan fingerprint density at radius 1 is 0.875 bits per heavy atom. The van der Waals surface area contributed by atoms with E-state index in [0.29, 0.717) is 11.4 Å². The molecule has 0 saturated carbocycles. The van der Waals surface area contributed by atoms with Crippen LogP contribution in [-0.4, -0.2) is 4.57 Å². The minimum absolute atomic E-state index is 0.693. The maximum Gasteiger partial charge on any atom is 0.226 e. The van der Waals surface area contributed by atoms with Crippen LogP contribution in [0.4, 0.5) is 0 Å². The average molecular weight is 314 g/mol. The largest absolute Gasteiger partial charge is 0.618 e. The molecule has 0 unspecified atom stereocenters. The first kappa shape index (κ1) is 14.5. The van der Waals surface area contributed by atoms with Crippen molar-refractivity contribution in [1.29, 1.82) is 0 Å². The van der Waals surface area contributed by atoms with Crippen molar-refractivity contribution in [2.45, 2.75) is 13.5 Å². The highest BCUT2D eigenvalue weighted by molar-refractivity contribution is 5.94. The summed E-state index contributed by atoms with van der Waals surface area (Å²) >= 11 is 0. The number of para-hydroxylation sites is 1. The van der Waals surface area contributed by atoms with Gasteiger partial charge in [0.05, 0.1) is 5.56 Å². The topological polar surface area (TPSA) is 31.9 Å². The number of hydrogen-bond acceptors (Lipinski definition) is 1. The van der Waals surface area contributed by atoms with Gasteiger partial charge < -0.3 is 9.77 Å². The molecule has 4 aromatic rings. The molecule has 2 heterocycles. The van der Waals surface area contributed by atoms with Gasteiger partial charge in [0.25, 0.3) is 0 Å². The summed E-state index contributed by atoms with van der Waals surface area (Å²) in [6.07, 6.45) is 2.08. The van der Waals surface area contributed by atoms with E-state index < -0.39 is 0 Å². The molecule has 0 aliphatic carbocycles. The summed E-state index contributed by atoms with van der Waals surface area (Å²) in [5.41, 5.74) is 4.74. The van der Waals surface area contributed by atoms with Gasteiger partial charge in [0.15, 0.2) is 5.69 Å². The van der Waals surface area contributed by atoms with E-state index >= 15 is 0 Å². The lowest BCUT2D eigenvalue weighted by atomic mass is 10.1. The van der Waals surface area contributed by atoms with E-state index in [-0.39, 0.29) is 0 Å². The Balaban J connectivity index is 1.90. The zero-order valence-corrected chi connectivity index (χ0v) is 13.5. The molecule has 3 nitrogen and oxygen atoms in total. The van der Waals surface area contributed by atoms with Crippen LogP contribution in [0.25, 0.3) is 22.2 Å². The minimum Gasteiger partial charge on any atom is -0.618 e. The van der Waals surface area contributed by atoms with Crippen molar-refractivity contribution >= 4 is 10.9 Å². The highest BCUT2D eigenvalue weighted by atomic mass is 16.5. The zero-order chi connectivity index (χ0) is 16.5. The molecule has 24 heavy (non-hydrogen) atoms. The molecule has 0 N–H and O–H groups in total. The van der Waals surface area contributed by atoms with E-state index in [1.165, 1.54) is 5.56 Å². The summed E-state index contributed by atoms with van der Waals surface area (Å²) in [6.45, 7) is 2.62. The highest BCUT2D eigenvalue weighted by Gasteiger charge is 2.17. The lowest BCUT2D eigenvalue weighted by molar-refractivity contribution is -0.600. The smallest absolute Gasteiger partial charge is 0.226 e. The van der Waals surface area contributed by atoms with E-state index in [2.05, 4.69) is 35.0 Å². The summed E-state index contributed by atoms with van der Waals surface area (Å²) in [5.74, 6) is 0. The highest BCUT2D eigenvalue weighted by Crippen LogP contribution is 2.29. The molecule has 118 valence electrons. The number of aryl methyl sites for hydroxylation is 1. The fourth-order valence-corrected chi connectivity index (χ4v) is 3.16. The average Bonchev–Trinajstić information content (AvgIpc) is 2.97. The van der Waals surface area contributed by atoms with Gasteiger partial charge in [0.1, 0.15) is 0 Å². The maximum absolute atomic E-state index is 12.5. The predicted octanol–water partition coefficient (Wildman–Crippen LogP) is 4.30. The third-order valence-electron chi connectivity index (χ3n) is 4.39. The SMILES string of the molecule is Cc1cccc(-c2cn(Cc3ccccc3)c3ccccc23)[n+]1[O-]. The van der Waals surface area contributed by atoms with Crippen molar-refractivity contribution in [3.8, 4) is 11.3 Å². The molecule has 0 amide bonds. The molecule has 0 saturated heterocycles. The number of nitrogens with zero attached hydrogens (tertiary/aromatic N) is 2. The molecule has 2 aromatic heterocycles. The van der Waals surface area contributed by atoms with Crippen LogP contribution in [0.15, 0.2) is 79.0 Å². The van der Waals surface area contributed by atoms with Crippen LogP contribution in [0, 0.1) is 12.1 Å². The number of rotatable bonds is 3. The molecule has 0 aliphatic heterocycles. The maximum atomic E-state index is 12.5. The second kappa shape index (κ2) is 5.85. The summed E-state index contributed by atoms with van der Waals surface area (Å²) in [7, 11) is 0. The van der Waals surface area contributed by atoms with Crippen molar-refractivity contribution in [3.05, 3.63) is 95.5 Å². The predicted molar refractivity (Wildman–Crippen MR) is 96.6 cm³/mol. The van der Waals surface area contributed by atoms with E-state index in [9.17, 15) is 5.21 Å². The van der Waals surface area contributed by atoms with E-state index in [4.69, 9.17) is 0 Å². The Morgan fingerprint density at radius 3 is 2.46 bits per heavy atom. The van der Waals surface area contributed by atoms with Crippen molar-refractivity contribution in [1.82, 2.24) is 4.57 Å². The fraction of sp³-hybridized carbons (Fsp3) is 0.0952. The molecular weight excluding hydrogens is 296 g/mol. The Morgan fingerprint density at radius 2 is 1.62 bits per heavy atom. The summed E-state index contributed by atoms with van der Waals surface area (Å²) in [4.78, 5) is 0. The van der Waals surface area contributed by atoms with Crippen LogP contribution in [0.5, 0.6) is 0 Å². The lowest BCUT2D eigenvalue weighted by Crippen LogP contribution is -2.32. The number of pyridine rings is 1. The Hall–Kier alpha value is -3.07. The van der Waals surface area contributed by atoms with Crippen LogP contribution in [-0.2, 0) is 6.54 Å². The number of hydrogen-bond donors (Lipinski definition) is 0. The standard InChI is InChI=1S/C21H18N2O/c1-16-8-7-13-21(23(16)24)19-15-22(14-17-9-3-2-4-10-17)20-12-6-5-11-18(19)20/h2-13,15H,14H2,1H3. The molecule has 0 radical (unpaired) electrons. The van der Waals surface area contributed by atoms with Gasteiger partial charge in [0.2, 0.25) is 5.69 Å². The molecule has 0 atom stereocenters. The first-order valence-corrected chi connectivity index (χ1v) is 8.05. The first-order chi connectivity index (χ1) is 11.7. The Labute approximate surface area is 141 Å².